The van der Waals surface area contributed by atoms with E-state index in [1.165, 1.54) is 6.07 Å². The normalized spacial score (nSPS) is 13.1. The number of fused-ring (bicyclic) bond motifs is 1. The summed E-state index contributed by atoms with van der Waals surface area (Å²) in [7, 11) is 0. The molecule has 0 saturated heterocycles. The molecule has 6 aromatic rings. The van der Waals surface area contributed by atoms with Gasteiger partial charge in [-0.15, -0.1) is 12.4 Å². The van der Waals surface area contributed by atoms with Crippen LogP contribution < -0.4 is 10.1 Å². The van der Waals surface area contributed by atoms with E-state index in [2.05, 4.69) is 9.88 Å². The smallest absolute Gasteiger partial charge is 0.335 e. The van der Waals surface area contributed by atoms with Gasteiger partial charge in [-0.2, -0.15) is 0 Å². The Morgan fingerprint density at radius 2 is 1.59 bits per heavy atom. The molecule has 1 amide bonds. The van der Waals surface area contributed by atoms with Crippen LogP contribution in [0.1, 0.15) is 70.0 Å². The van der Waals surface area contributed by atoms with Crippen molar-refractivity contribution in [3.05, 3.63) is 142 Å². The Labute approximate surface area is 306 Å². The maximum absolute atomic E-state index is 16.0. The van der Waals surface area contributed by atoms with E-state index in [0.717, 1.165) is 59.9 Å². The molecule has 0 atom stereocenters. The molecule has 2 N–H and O–H groups in total. The van der Waals surface area contributed by atoms with Gasteiger partial charge < -0.3 is 19.7 Å². The molecule has 10 heteroatoms. The molecule has 0 unspecified atom stereocenters. The summed E-state index contributed by atoms with van der Waals surface area (Å²) >= 11 is 6.16. The van der Waals surface area contributed by atoms with Gasteiger partial charge >= 0.3 is 5.97 Å². The molecule has 7 nitrogen and oxygen atoms in total. The van der Waals surface area contributed by atoms with E-state index >= 15 is 4.39 Å². The minimum absolute atomic E-state index is 0. The highest BCUT2D eigenvalue weighted by molar-refractivity contribution is 6.30. The van der Waals surface area contributed by atoms with Gasteiger partial charge in [-0.3, -0.25) is 4.79 Å². The Balaban J connectivity index is 0.00000448. The fraction of sp³-hybridized carbons (Fsp3) is 0.195. The molecule has 0 spiro atoms. The largest absolute Gasteiger partial charge is 0.489 e. The average Bonchev–Trinajstić information content (AvgIpc) is 3.52. The lowest BCUT2D eigenvalue weighted by Gasteiger charge is -2.25. The number of halogens is 3. The van der Waals surface area contributed by atoms with Crippen LogP contribution in [0, 0.1) is 5.82 Å². The van der Waals surface area contributed by atoms with Crippen molar-refractivity contribution in [1.29, 1.82) is 0 Å². The topological polar surface area (TPSA) is 93.5 Å². The van der Waals surface area contributed by atoms with Crippen LogP contribution >= 0.6 is 24.0 Å². The first-order valence-electron chi connectivity index (χ1n) is 16.7. The van der Waals surface area contributed by atoms with Gasteiger partial charge in [-0.1, -0.05) is 79.4 Å². The molecule has 1 aliphatic carbocycles. The minimum atomic E-state index is -1.04. The number of nitrogens with zero attached hydrogens (tertiary/aromatic N) is 2. The summed E-state index contributed by atoms with van der Waals surface area (Å²) in [6, 6.07) is 32.3. The number of carbonyl (C=O) groups is 2. The molecule has 51 heavy (non-hydrogen) atoms. The number of carbonyl (C=O) groups excluding carboxylic acids is 1. The number of hydrogen-bond donors (Lipinski definition) is 2. The molecule has 1 aromatic heterocycles. The zero-order chi connectivity index (χ0) is 34.6. The molecule has 1 fully saturated rings. The number of nitrogens with one attached hydrogen (secondary N) is 1. The van der Waals surface area contributed by atoms with Crippen molar-refractivity contribution >= 4 is 46.9 Å². The third-order valence-electron chi connectivity index (χ3n) is 9.27. The molecule has 1 heterocycles. The summed E-state index contributed by atoms with van der Waals surface area (Å²) in [6.07, 6.45) is 5.19. The average molecular weight is 725 g/mol. The Morgan fingerprint density at radius 3 is 2.31 bits per heavy atom. The highest BCUT2D eigenvalue weighted by Crippen LogP contribution is 2.38. The predicted molar refractivity (Wildman–Crippen MR) is 200 cm³/mol. The van der Waals surface area contributed by atoms with E-state index in [4.69, 9.17) is 21.3 Å². The number of amides is 1. The fourth-order valence-corrected chi connectivity index (χ4v) is 6.83. The van der Waals surface area contributed by atoms with Crippen molar-refractivity contribution in [1.82, 2.24) is 14.9 Å². The molecule has 7 rings (SSSR count). The van der Waals surface area contributed by atoms with E-state index in [9.17, 15) is 14.7 Å². The third kappa shape index (κ3) is 7.93. The van der Waals surface area contributed by atoms with Crippen LogP contribution in [0.15, 0.2) is 109 Å². The predicted octanol–water partition coefficient (Wildman–Crippen LogP) is 10.3. The third-order valence-corrected chi connectivity index (χ3v) is 9.52. The van der Waals surface area contributed by atoms with Gasteiger partial charge in [-0.05, 0) is 89.7 Å². The summed E-state index contributed by atoms with van der Waals surface area (Å²) in [5.41, 5.74) is 5.74. The van der Waals surface area contributed by atoms with Crippen molar-refractivity contribution in [2.24, 2.45) is 0 Å². The molecule has 5 aromatic carbocycles. The SMILES string of the molecule is Cl.O=C(O)c1ccc2c(c1)nc(-c1ccc(OCc3cc(C(=O)NCc4ccccc4)ccc3-c3ccc(Cl)cc3)cc1F)n2C1CCCCC1. The number of imidazole rings is 1. The zero-order valence-electron chi connectivity index (χ0n) is 27.6. The number of benzene rings is 5. The second-order valence-electron chi connectivity index (χ2n) is 12.6. The summed E-state index contributed by atoms with van der Waals surface area (Å²) in [4.78, 5) is 29.6. The zero-order valence-corrected chi connectivity index (χ0v) is 29.2. The number of carboxylic acids is 1. The van der Waals surface area contributed by atoms with E-state index in [1.807, 2.05) is 48.5 Å². The van der Waals surface area contributed by atoms with E-state index in [0.29, 0.717) is 39.8 Å². The van der Waals surface area contributed by atoms with Crippen LogP contribution in [-0.4, -0.2) is 26.5 Å². The van der Waals surface area contributed by atoms with Gasteiger partial charge in [0.25, 0.3) is 5.91 Å². The van der Waals surface area contributed by atoms with Gasteiger partial charge in [0.15, 0.2) is 0 Å². The van der Waals surface area contributed by atoms with E-state index < -0.39 is 11.8 Å². The molecular weight excluding hydrogens is 688 g/mol. The minimum Gasteiger partial charge on any atom is -0.489 e. The number of aromatic carboxylic acids is 1. The summed E-state index contributed by atoms with van der Waals surface area (Å²) in [5.74, 6) is -0.964. The molecule has 1 saturated carbocycles. The van der Waals surface area contributed by atoms with Crippen LogP contribution in [0.5, 0.6) is 5.75 Å². The van der Waals surface area contributed by atoms with Crippen LogP contribution in [0.2, 0.25) is 5.02 Å². The van der Waals surface area contributed by atoms with Crippen LogP contribution in [0.4, 0.5) is 4.39 Å². The second kappa shape index (κ2) is 15.8. The van der Waals surface area contributed by atoms with Gasteiger partial charge in [0.05, 0.1) is 22.2 Å². The number of hydrogen-bond acceptors (Lipinski definition) is 4. The second-order valence-corrected chi connectivity index (χ2v) is 13.0. The first-order valence-corrected chi connectivity index (χ1v) is 17.1. The number of aromatic nitrogens is 2. The molecule has 0 radical (unpaired) electrons. The fourth-order valence-electron chi connectivity index (χ4n) is 6.70. The van der Waals surface area contributed by atoms with Gasteiger partial charge in [-0.25, -0.2) is 14.2 Å². The van der Waals surface area contributed by atoms with Crippen molar-refractivity contribution < 1.29 is 23.8 Å². The van der Waals surface area contributed by atoms with Gasteiger partial charge in [0.1, 0.15) is 24.0 Å². The van der Waals surface area contributed by atoms with Gasteiger partial charge in [0.2, 0.25) is 0 Å². The number of carboxylic acid groups (broad SMARTS) is 1. The highest BCUT2D eigenvalue weighted by atomic mass is 35.5. The number of rotatable bonds is 10. The molecule has 1 aliphatic rings. The maximum Gasteiger partial charge on any atom is 0.335 e. The van der Waals surface area contributed by atoms with Crippen molar-refractivity contribution in [3.63, 3.8) is 0 Å². The lowest BCUT2D eigenvalue weighted by molar-refractivity contribution is 0.0696. The quantitative estimate of drug-likeness (QED) is 0.147. The van der Waals surface area contributed by atoms with Crippen molar-refractivity contribution in [3.8, 4) is 28.3 Å². The van der Waals surface area contributed by atoms with Gasteiger partial charge in [0, 0.05) is 29.2 Å². The highest BCUT2D eigenvalue weighted by Gasteiger charge is 2.25. The van der Waals surface area contributed by atoms with Crippen LogP contribution in [0.3, 0.4) is 0 Å². The first kappa shape index (κ1) is 35.6. The maximum atomic E-state index is 16.0. The monoisotopic (exact) mass is 723 g/mol. The van der Waals surface area contributed by atoms with Crippen LogP contribution in [0.25, 0.3) is 33.5 Å². The van der Waals surface area contributed by atoms with E-state index in [1.54, 1.807) is 54.6 Å². The Kier molecular flexibility index (Phi) is 11.0. The van der Waals surface area contributed by atoms with Crippen molar-refractivity contribution in [2.45, 2.75) is 51.3 Å². The Hall–Kier alpha value is -5.18. The lowest BCUT2D eigenvalue weighted by atomic mass is 9.94. The number of ether oxygens (including phenoxy) is 1. The summed E-state index contributed by atoms with van der Waals surface area (Å²) < 4.78 is 24.3. The molecular formula is C41H36Cl2FN3O4. The van der Waals surface area contributed by atoms with E-state index in [-0.39, 0.29) is 36.5 Å². The first-order chi connectivity index (χ1) is 24.3. The molecule has 0 bridgehead atoms. The Bertz CT molecular complexity index is 2180. The molecule has 260 valence electrons. The summed E-state index contributed by atoms with van der Waals surface area (Å²) in [6.45, 7) is 0.473. The standard InChI is InChI=1S/C41H35ClFN3O4.ClH/c42-31-15-11-27(12-16-31)34-18-13-28(40(47)44-24-26-7-3-1-4-8-26)21-30(34)25-50-33-17-19-35(36(43)23-33)39-45-37-22-29(41(48)49)14-20-38(37)46(39)32-9-5-2-6-10-32;/h1,3-4,7-8,11-23,32H,2,5-6,9-10,24-25H2,(H,44,47)(H,48,49);1H. The summed E-state index contributed by atoms with van der Waals surface area (Å²) in [5, 5.41) is 13.1. The van der Waals surface area contributed by atoms with Crippen molar-refractivity contribution in [2.75, 3.05) is 0 Å². The van der Waals surface area contributed by atoms with Crippen LogP contribution in [-0.2, 0) is 13.2 Å². The lowest BCUT2D eigenvalue weighted by Crippen LogP contribution is -2.23. The molecule has 0 aliphatic heterocycles. The Morgan fingerprint density at radius 1 is 0.863 bits per heavy atom.